The second-order valence-electron chi connectivity index (χ2n) is 5.09. The summed E-state index contributed by atoms with van der Waals surface area (Å²) in [4.78, 5) is 13.9. The highest BCUT2D eigenvalue weighted by atomic mass is 127. The number of hydrogen-bond acceptors (Lipinski definition) is 4. The number of sulfonamides is 1. The first-order valence-electron chi connectivity index (χ1n) is 7.03. The fourth-order valence-corrected chi connectivity index (χ4v) is 4.29. The Labute approximate surface area is 165 Å². The van der Waals surface area contributed by atoms with Crippen LogP contribution in [0.1, 0.15) is 0 Å². The Balaban J connectivity index is 1.91. The molecule has 1 aliphatic heterocycles. The lowest BCUT2D eigenvalue weighted by Crippen LogP contribution is -2.51. The van der Waals surface area contributed by atoms with Gasteiger partial charge < -0.3 is 10.2 Å². The molecule has 0 saturated carbocycles. The quantitative estimate of drug-likeness (QED) is 0.495. The minimum absolute atomic E-state index is 0.0994. The van der Waals surface area contributed by atoms with Gasteiger partial charge in [0, 0.05) is 40.8 Å². The molecule has 6 nitrogen and oxygen atoms in total. The lowest BCUT2D eigenvalue weighted by atomic mass is 10.3. The van der Waals surface area contributed by atoms with Gasteiger partial charge in [-0.2, -0.15) is 4.31 Å². The predicted octanol–water partition coefficient (Wildman–Crippen LogP) is 2.63. The van der Waals surface area contributed by atoms with Crippen molar-refractivity contribution in [1.29, 1.82) is 0 Å². The van der Waals surface area contributed by atoms with Crippen LogP contribution in [0.25, 0.3) is 0 Å². The van der Waals surface area contributed by atoms with Gasteiger partial charge in [-0.3, -0.25) is 4.79 Å². The Kier molecular flexibility index (Phi) is 6.77. The number of rotatable bonds is 5. The number of benzene rings is 1. The SMILES string of the molecule is C=CS(=O)(=O)N1CCN(C(=O)CNc2cc(Cl)c(Cl)cc2I)CC1. The predicted molar refractivity (Wildman–Crippen MR) is 105 cm³/mol. The second kappa shape index (κ2) is 8.22. The van der Waals surface area contributed by atoms with Crippen LogP contribution in [-0.2, 0) is 14.8 Å². The molecule has 0 radical (unpaired) electrons. The monoisotopic (exact) mass is 503 g/mol. The van der Waals surface area contributed by atoms with Crippen LogP contribution in [0.3, 0.4) is 0 Å². The largest absolute Gasteiger partial charge is 0.375 e. The minimum atomic E-state index is -3.42. The molecule has 1 aromatic rings. The number of carbonyl (C=O) groups excluding carboxylic acids is 1. The maximum atomic E-state index is 12.3. The summed E-state index contributed by atoms with van der Waals surface area (Å²) in [5.41, 5.74) is 0.728. The van der Waals surface area contributed by atoms with Crippen molar-refractivity contribution in [2.45, 2.75) is 0 Å². The van der Waals surface area contributed by atoms with Crippen LogP contribution in [0.4, 0.5) is 5.69 Å². The Morgan fingerprint density at radius 3 is 2.42 bits per heavy atom. The summed E-state index contributed by atoms with van der Waals surface area (Å²) in [5, 5.41) is 4.84. The van der Waals surface area contributed by atoms with Crippen molar-refractivity contribution in [1.82, 2.24) is 9.21 Å². The summed E-state index contributed by atoms with van der Waals surface area (Å²) in [5.74, 6) is -0.104. The zero-order valence-electron chi connectivity index (χ0n) is 12.6. The van der Waals surface area contributed by atoms with Gasteiger partial charge >= 0.3 is 0 Å². The van der Waals surface area contributed by atoms with Crippen molar-refractivity contribution in [3.8, 4) is 0 Å². The highest BCUT2D eigenvalue weighted by molar-refractivity contribution is 14.1. The summed E-state index contributed by atoms with van der Waals surface area (Å²) in [6.07, 6.45) is 0. The van der Waals surface area contributed by atoms with Crippen LogP contribution in [-0.4, -0.2) is 56.3 Å². The molecule has 1 saturated heterocycles. The van der Waals surface area contributed by atoms with Gasteiger partial charge in [0.05, 0.1) is 16.6 Å². The van der Waals surface area contributed by atoms with Crippen LogP contribution >= 0.6 is 45.8 Å². The summed E-state index contributed by atoms with van der Waals surface area (Å²) >= 11 is 14.0. The Hall–Kier alpha value is -0.550. The lowest BCUT2D eigenvalue weighted by Gasteiger charge is -2.33. The van der Waals surface area contributed by atoms with E-state index >= 15 is 0 Å². The van der Waals surface area contributed by atoms with Crippen molar-refractivity contribution in [2.75, 3.05) is 38.0 Å². The molecule has 10 heteroatoms. The third kappa shape index (κ3) is 4.75. The zero-order chi connectivity index (χ0) is 17.9. The summed E-state index contributed by atoms with van der Waals surface area (Å²) in [7, 11) is -3.42. The molecule has 132 valence electrons. The molecule has 2 rings (SSSR count). The van der Waals surface area contributed by atoms with Crippen LogP contribution in [0, 0.1) is 3.57 Å². The average Bonchev–Trinajstić information content (AvgIpc) is 2.56. The first-order valence-corrected chi connectivity index (χ1v) is 10.4. The van der Waals surface area contributed by atoms with Gasteiger partial charge in [0.2, 0.25) is 15.9 Å². The van der Waals surface area contributed by atoms with Crippen molar-refractivity contribution < 1.29 is 13.2 Å². The highest BCUT2D eigenvalue weighted by Crippen LogP contribution is 2.29. The van der Waals surface area contributed by atoms with Gasteiger partial charge in [-0.15, -0.1) is 0 Å². The first-order chi connectivity index (χ1) is 11.2. The van der Waals surface area contributed by atoms with E-state index in [1.54, 1.807) is 17.0 Å². The highest BCUT2D eigenvalue weighted by Gasteiger charge is 2.26. The van der Waals surface area contributed by atoms with E-state index in [-0.39, 0.29) is 25.5 Å². The molecule has 1 fully saturated rings. The van der Waals surface area contributed by atoms with Crippen molar-refractivity contribution in [3.63, 3.8) is 0 Å². The van der Waals surface area contributed by atoms with E-state index in [9.17, 15) is 13.2 Å². The molecule has 0 bridgehead atoms. The third-order valence-corrected chi connectivity index (χ3v) is 6.72. The van der Waals surface area contributed by atoms with Gasteiger partial charge in [-0.25, -0.2) is 8.42 Å². The number of halogens is 3. The Morgan fingerprint density at radius 1 is 1.25 bits per heavy atom. The number of amides is 1. The maximum absolute atomic E-state index is 12.3. The van der Waals surface area contributed by atoms with Gasteiger partial charge in [0.25, 0.3) is 0 Å². The summed E-state index contributed by atoms with van der Waals surface area (Å²) < 4.78 is 25.6. The maximum Gasteiger partial charge on any atom is 0.241 e. The van der Waals surface area contributed by atoms with E-state index in [1.807, 2.05) is 0 Å². The molecule has 0 spiro atoms. The van der Waals surface area contributed by atoms with Crippen LogP contribution in [0.15, 0.2) is 24.1 Å². The molecule has 1 heterocycles. The van der Waals surface area contributed by atoms with E-state index in [4.69, 9.17) is 23.2 Å². The number of hydrogen-bond donors (Lipinski definition) is 1. The van der Waals surface area contributed by atoms with Crippen LogP contribution in [0.2, 0.25) is 10.0 Å². The molecule has 0 unspecified atom stereocenters. The molecule has 1 aliphatic rings. The van der Waals surface area contributed by atoms with E-state index < -0.39 is 10.0 Å². The van der Waals surface area contributed by atoms with E-state index in [0.717, 1.165) is 14.7 Å². The minimum Gasteiger partial charge on any atom is -0.375 e. The fourth-order valence-electron chi connectivity index (χ4n) is 2.24. The molecular weight excluding hydrogens is 488 g/mol. The normalized spacial score (nSPS) is 16.0. The molecular formula is C14H16Cl2IN3O3S. The van der Waals surface area contributed by atoms with E-state index in [0.29, 0.717) is 23.1 Å². The second-order valence-corrected chi connectivity index (χ2v) is 8.95. The van der Waals surface area contributed by atoms with Crippen molar-refractivity contribution in [2.24, 2.45) is 0 Å². The molecule has 24 heavy (non-hydrogen) atoms. The first kappa shape index (κ1) is 19.8. The molecule has 1 amide bonds. The molecule has 0 aromatic heterocycles. The number of piperazine rings is 1. The van der Waals surface area contributed by atoms with Crippen LogP contribution in [0.5, 0.6) is 0 Å². The molecule has 1 aromatic carbocycles. The topological polar surface area (TPSA) is 69.7 Å². The number of nitrogens with zero attached hydrogens (tertiary/aromatic N) is 2. The van der Waals surface area contributed by atoms with E-state index in [2.05, 4.69) is 34.5 Å². The van der Waals surface area contributed by atoms with Crippen molar-refractivity contribution in [3.05, 3.63) is 37.7 Å². The van der Waals surface area contributed by atoms with Gasteiger partial charge in [-0.05, 0) is 34.7 Å². The van der Waals surface area contributed by atoms with Gasteiger partial charge in [-0.1, -0.05) is 29.8 Å². The average molecular weight is 504 g/mol. The van der Waals surface area contributed by atoms with Gasteiger partial charge in [0.15, 0.2) is 0 Å². The zero-order valence-corrected chi connectivity index (χ0v) is 17.1. The van der Waals surface area contributed by atoms with Crippen molar-refractivity contribution >= 4 is 67.4 Å². The fraction of sp³-hybridized carbons (Fsp3) is 0.357. The number of nitrogens with one attached hydrogen (secondary N) is 1. The lowest BCUT2D eigenvalue weighted by molar-refractivity contribution is -0.130. The molecule has 0 aliphatic carbocycles. The smallest absolute Gasteiger partial charge is 0.241 e. The Bertz CT molecular complexity index is 750. The van der Waals surface area contributed by atoms with Gasteiger partial charge in [0.1, 0.15) is 0 Å². The van der Waals surface area contributed by atoms with E-state index in [1.165, 1.54) is 4.31 Å². The number of anilines is 1. The summed E-state index contributed by atoms with van der Waals surface area (Å²) in [6, 6.07) is 3.39. The number of carbonyl (C=O) groups is 1. The Morgan fingerprint density at radius 2 is 1.83 bits per heavy atom. The third-order valence-electron chi connectivity index (χ3n) is 3.60. The molecule has 1 N–H and O–H groups in total. The molecule has 0 atom stereocenters. The summed E-state index contributed by atoms with van der Waals surface area (Å²) in [6.45, 7) is 4.65. The van der Waals surface area contributed by atoms with Crippen LogP contribution < -0.4 is 5.32 Å². The standard InChI is InChI=1S/C14H16Cl2IN3O3S/c1-2-24(22,23)20-5-3-19(4-6-20)14(21)9-18-13-8-11(16)10(15)7-12(13)17/h2,7-8,18H,1,3-6,9H2.